The van der Waals surface area contributed by atoms with E-state index >= 15 is 0 Å². The Morgan fingerprint density at radius 1 is 1.14 bits per heavy atom. The molecule has 22 heavy (non-hydrogen) atoms. The van der Waals surface area contributed by atoms with E-state index in [0.29, 0.717) is 5.78 Å². The monoisotopic (exact) mass is 302 g/mol. The molecule has 120 valence electrons. The first-order valence-electron chi connectivity index (χ1n) is 8.27. The molecule has 0 N–H and O–H groups in total. The molecule has 0 amide bonds. The van der Waals surface area contributed by atoms with Crippen LogP contribution >= 0.6 is 0 Å². The lowest BCUT2D eigenvalue weighted by Crippen LogP contribution is -2.45. The molecule has 1 saturated carbocycles. The number of fused-ring (bicyclic) bond motifs is 1. The standard InChI is InChI=1S/C19H26O3/c1-11-12(2)18-14(13(3)17(11)21-5)9-10-19(4,22-18)15-7-6-8-16(15)20/h15H,6-10H2,1-5H3. The number of ether oxygens (including phenoxy) is 2. The third-order valence-corrected chi connectivity index (χ3v) is 5.76. The highest BCUT2D eigenvalue weighted by molar-refractivity contribution is 5.84. The van der Waals surface area contributed by atoms with E-state index in [0.717, 1.165) is 54.7 Å². The number of hydrogen-bond donors (Lipinski definition) is 0. The minimum Gasteiger partial charge on any atom is -0.496 e. The molecule has 3 nitrogen and oxygen atoms in total. The van der Waals surface area contributed by atoms with Crippen LogP contribution in [0.5, 0.6) is 11.5 Å². The van der Waals surface area contributed by atoms with Gasteiger partial charge in [0.2, 0.25) is 0 Å². The Morgan fingerprint density at radius 2 is 1.86 bits per heavy atom. The predicted octanol–water partition coefficient (Wildman–Crippen LogP) is 4.07. The van der Waals surface area contributed by atoms with Crippen LogP contribution in [0.25, 0.3) is 0 Å². The summed E-state index contributed by atoms with van der Waals surface area (Å²) in [7, 11) is 1.73. The molecule has 2 atom stereocenters. The summed E-state index contributed by atoms with van der Waals surface area (Å²) in [6.07, 6.45) is 4.56. The van der Waals surface area contributed by atoms with Gasteiger partial charge >= 0.3 is 0 Å². The van der Waals surface area contributed by atoms with E-state index in [4.69, 9.17) is 9.47 Å². The molecule has 3 heteroatoms. The van der Waals surface area contributed by atoms with Gasteiger partial charge in [-0.3, -0.25) is 4.79 Å². The summed E-state index contributed by atoms with van der Waals surface area (Å²) in [5.74, 6) is 2.40. The van der Waals surface area contributed by atoms with Gasteiger partial charge in [-0.1, -0.05) is 0 Å². The fourth-order valence-electron chi connectivity index (χ4n) is 4.27. The average molecular weight is 302 g/mol. The normalized spacial score (nSPS) is 27.5. The highest BCUT2D eigenvalue weighted by atomic mass is 16.5. The van der Waals surface area contributed by atoms with Crippen LogP contribution in [0.4, 0.5) is 0 Å². The Labute approximate surface area is 133 Å². The average Bonchev–Trinajstić information content (AvgIpc) is 2.92. The van der Waals surface area contributed by atoms with Crippen molar-refractivity contribution >= 4 is 5.78 Å². The van der Waals surface area contributed by atoms with E-state index in [1.54, 1.807) is 7.11 Å². The molecule has 3 rings (SSSR count). The zero-order valence-electron chi connectivity index (χ0n) is 14.3. The Balaban J connectivity index is 2.05. The Hall–Kier alpha value is -1.51. The van der Waals surface area contributed by atoms with Gasteiger partial charge in [-0.2, -0.15) is 0 Å². The Bertz CT molecular complexity index is 632. The van der Waals surface area contributed by atoms with Gasteiger partial charge in [0.1, 0.15) is 22.9 Å². The van der Waals surface area contributed by atoms with Crippen LogP contribution < -0.4 is 9.47 Å². The highest BCUT2D eigenvalue weighted by Gasteiger charge is 2.45. The molecule has 0 spiro atoms. The zero-order chi connectivity index (χ0) is 16.1. The summed E-state index contributed by atoms with van der Waals surface area (Å²) in [6, 6.07) is 0. The van der Waals surface area contributed by atoms with Crippen LogP contribution in [0.2, 0.25) is 0 Å². The van der Waals surface area contributed by atoms with Gasteiger partial charge in [-0.15, -0.1) is 0 Å². The lowest BCUT2D eigenvalue weighted by molar-refractivity contribution is -0.127. The summed E-state index contributed by atoms with van der Waals surface area (Å²) in [5, 5.41) is 0. The zero-order valence-corrected chi connectivity index (χ0v) is 14.3. The van der Waals surface area contributed by atoms with Crippen LogP contribution in [0.15, 0.2) is 0 Å². The molecule has 0 bridgehead atoms. The fraction of sp³-hybridized carbons (Fsp3) is 0.632. The van der Waals surface area contributed by atoms with E-state index in [1.807, 2.05) is 0 Å². The third-order valence-electron chi connectivity index (χ3n) is 5.76. The van der Waals surface area contributed by atoms with Crippen LogP contribution in [-0.4, -0.2) is 18.5 Å². The van der Waals surface area contributed by atoms with Gasteiger partial charge in [0.25, 0.3) is 0 Å². The summed E-state index contributed by atoms with van der Waals surface area (Å²) in [4.78, 5) is 12.2. The number of methoxy groups -OCH3 is 1. The lowest BCUT2D eigenvalue weighted by atomic mass is 9.79. The van der Waals surface area contributed by atoms with Crippen molar-refractivity contribution in [3.05, 3.63) is 22.3 Å². The number of ketones is 1. The molecular weight excluding hydrogens is 276 g/mol. The van der Waals surface area contributed by atoms with Crippen molar-refractivity contribution in [2.75, 3.05) is 7.11 Å². The van der Waals surface area contributed by atoms with E-state index in [-0.39, 0.29) is 11.5 Å². The van der Waals surface area contributed by atoms with Crippen molar-refractivity contribution in [1.29, 1.82) is 0 Å². The second-order valence-corrected chi connectivity index (χ2v) is 7.04. The van der Waals surface area contributed by atoms with Gasteiger partial charge < -0.3 is 9.47 Å². The SMILES string of the molecule is COc1c(C)c(C)c2c(c1C)CCC(C)(C1CCCC1=O)O2. The van der Waals surface area contributed by atoms with Gasteiger partial charge in [0, 0.05) is 12.0 Å². The summed E-state index contributed by atoms with van der Waals surface area (Å²) in [6.45, 7) is 8.41. The van der Waals surface area contributed by atoms with Crippen molar-refractivity contribution in [3.8, 4) is 11.5 Å². The number of carbonyl (C=O) groups excluding carboxylic acids is 1. The molecule has 0 saturated heterocycles. The molecule has 1 aliphatic heterocycles. The van der Waals surface area contributed by atoms with Crippen molar-refractivity contribution in [2.45, 2.75) is 65.4 Å². The number of hydrogen-bond acceptors (Lipinski definition) is 3. The number of rotatable bonds is 2. The maximum Gasteiger partial charge on any atom is 0.139 e. The smallest absolute Gasteiger partial charge is 0.139 e. The second-order valence-electron chi connectivity index (χ2n) is 7.04. The first-order chi connectivity index (χ1) is 10.4. The number of carbonyl (C=O) groups is 1. The van der Waals surface area contributed by atoms with Crippen LogP contribution in [0, 0.1) is 26.7 Å². The lowest BCUT2D eigenvalue weighted by Gasteiger charge is -2.41. The van der Waals surface area contributed by atoms with Crippen molar-refractivity contribution < 1.29 is 14.3 Å². The van der Waals surface area contributed by atoms with Gasteiger partial charge in [0.15, 0.2) is 0 Å². The molecular formula is C19H26O3. The molecule has 2 unspecified atom stereocenters. The largest absolute Gasteiger partial charge is 0.496 e. The second kappa shape index (κ2) is 5.29. The molecule has 0 aromatic heterocycles. The molecule has 0 radical (unpaired) electrons. The molecule has 1 fully saturated rings. The quantitative estimate of drug-likeness (QED) is 0.826. The first-order valence-corrected chi connectivity index (χ1v) is 8.27. The molecule has 1 heterocycles. The maximum atomic E-state index is 12.2. The van der Waals surface area contributed by atoms with Gasteiger partial charge in [-0.25, -0.2) is 0 Å². The predicted molar refractivity (Wildman–Crippen MR) is 86.9 cm³/mol. The van der Waals surface area contributed by atoms with Gasteiger partial charge in [0.05, 0.1) is 13.0 Å². The molecule has 2 aliphatic rings. The van der Waals surface area contributed by atoms with Crippen LogP contribution in [0.1, 0.15) is 54.9 Å². The Kier molecular flexibility index (Phi) is 3.70. The number of benzene rings is 1. The third kappa shape index (κ3) is 2.13. The Morgan fingerprint density at radius 3 is 2.45 bits per heavy atom. The minimum atomic E-state index is -0.348. The van der Waals surface area contributed by atoms with Crippen molar-refractivity contribution in [1.82, 2.24) is 0 Å². The topological polar surface area (TPSA) is 35.5 Å². The van der Waals surface area contributed by atoms with E-state index in [2.05, 4.69) is 27.7 Å². The highest BCUT2D eigenvalue weighted by Crippen LogP contribution is 2.47. The summed E-state index contributed by atoms with van der Waals surface area (Å²) >= 11 is 0. The van der Waals surface area contributed by atoms with Crippen molar-refractivity contribution in [3.63, 3.8) is 0 Å². The van der Waals surface area contributed by atoms with Gasteiger partial charge in [-0.05, 0) is 70.1 Å². The first kappa shape index (κ1) is 15.4. The van der Waals surface area contributed by atoms with Crippen LogP contribution in [0.3, 0.4) is 0 Å². The minimum absolute atomic E-state index is 0.0581. The van der Waals surface area contributed by atoms with Crippen LogP contribution in [-0.2, 0) is 11.2 Å². The van der Waals surface area contributed by atoms with Crippen molar-refractivity contribution in [2.24, 2.45) is 5.92 Å². The summed E-state index contributed by atoms with van der Waals surface area (Å²) in [5.41, 5.74) is 4.37. The fourth-order valence-corrected chi connectivity index (χ4v) is 4.27. The van der Waals surface area contributed by atoms with E-state index < -0.39 is 0 Å². The molecule has 1 aromatic rings. The van der Waals surface area contributed by atoms with E-state index in [9.17, 15) is 4.79 Å². The number of Topliss-reactive ketones (excluding diaryl/α,β-unsaturated/α-hetero) is 1. The van der Waals surface area contributed by atoms with E-state index in [1.165, 1.54) is 11.1 Å². The maximum absolute atomic E-state index is 12.2. The molecule has 1 aliphatic carbocycles. The molecule has 1 aromatic carbocycles. The summed E-state index contributed by atoms with van der Waals surface area (Å²) < 4.78 is 12.1.